The fourth-order valence-corrected chi connectivity index (χ4v) is 3.02. The van der Waals surface area contributed by atoms with Gasteiger partial charge in [-0.3, -0.25) is 4.79 Å². The molecule has 2 aliphatic rings. The van der Waals surface area contributed by atoms with E-state index in [1.807, 2.05) is 6.07 Å². The van der Waals surface area contributed by atoms with E-state index < -0.39 is 0 Å². The summed E-state index contributed by atoms with van der Waals surface area (Å²) in [6.07, 6.45) is 6.50. The van der Waals surface area contributed by atoms with E-state index in [0.717, 1.165) is 25.1 Å². The van der Waals surface area contributed by atoms with E-state index in [2.05, 4.69) is 22.8 Å². The van der Waals surface area contributed by atoms with Gasteiger partial charge >= 0.3 is 0 Å². The number of benzene rings is 1. The standard InChI is InChI=1S/C15H20N2O/c18-15(10-13-5-2-8-16-13)17-14-7-6-11-3-1-4-12(11)9-14/h6-7,9,13,16H,1-5,8,10H2,(H,17,18). The van der Waals surface area contributed by atoms with Crippen LogP contribution in [0.3, 0.4) is 0 Å². The molecule has 1 unspecified atom stereocenters. The van der Waals surface area contributed by atoms with E-state index in [9.17, 15) is 4.79 Å². The van der Waals surface area contributed by atoms with Gasteiger partial charge in [0.05, 0.1) is 0 Å². The lowest BCUT2D eigenvalue weighted by atomic mass is 10.1. The van der Waals surface area contributed by atoms with Crippen molar-refractivity contribution in [2.45, 2.75) is 44.6 Å². The highest BCUT2D eigenvalue weighted by molar-refractivity contribution is 5.91. The van der Waals surface area contributed by atoms with Gasteiger partial charge in [-0.1, -0.05) is 6.07 Å². The second kappa shape index (κ2) is 5.11. The first-order valence-corrected chi connectivity index (χ1v) is 6.96. The highest BCUT2D eigenvalue weighted by atomic mass is 16.1. The van der Waals surface area contributed by atoms with E-state index in [1.54, 1.807) is 0 Å². The molecule has 1 atom stereocenters. The molecular weight excluding hydrogens is 224 g/mol. The number of amides is 1. The van der Waals surface area contributed by atoms with Crippen molar-refractivity contribution in [3.05, 3.63) is 29.3 Å². The van der Waals surface area contributed by atoms with Gasteiger partial charge < -0.3 is 10.6 Å². The first kappa shape index (κ1) is 11.7. The van der Waals surface area contributed by atoms with Crippen molar-refractivity contribution >= 4 is 11.6 Å². The molecule has 0 radical (unpaired) electrons. The Balaban J connectivity index is 1.60. The number of nitrogens with one attached hydrogen (secondary N) is 2. The molecule has 1 saturated heterocycles. The Hall–Kier alpha value is -1.35. The molecule has 3 heteroatoms. The van der Waals surface area contributed by atoms with Gasteiger partial charge in [0.25, 0.3) is 0 Å². The maximum atomic E-state index is 11.9. The van der Waals surface area contributed by atoms with Crippen molar-refractivity contribution < 1.29 is 4.79 Å². The van der Waals surface area contributed by atoms with Crippen LogP contribution in [0.1, 0.15) is 36.8 Å². The van der Waals surface area contributed by atoms with Crippen LogP contribution in [0, 0.1) is 0 Å². The molecule has 1 fully saturated rings. The quantitative estimate of drug-likeness (QED) is 0.856. The number of carbonyl (C=O) groups is 1. The fraction of sp³-hybridized carbons (Fsp3) is 0.533. The van der Waals surface area contributed by atoms with Crippen LogP contribution in [0.5, 0.6) is 0 Å². The summed E-state index contributed by atoms with van der Waals surface area (Å²) >= 11 is 0. The molecule has 0 aromatic heterocycles. The molecule has 3 nitrogen and oxygen atoms in total. The zero-order chi connectivity index (χ0) is 12.4. The van der Waals surface area contributed by atoms with Crippen LogP contribution in [0.15, 0.2) is 18.2 Å². The average Bonchev–Trinajstić information content (AvgIpc) is 2.98. The zero-order valence-electron chi connectivity index (χ0n) is 10.7. The van der Waals surface area contributed by atoms with Crippen LogP contribution in [0.2, 0.25) is 0 Å². The summed E-state index contributed by atoms with van der Waals surface area (Å²) < 4.78 is 0. The van der Waals surface area contributed by atoms with E-state index in [0.29, 0.717) is 12.5 Å². The van der Waals surface area contributed by atoms with Crippen LogP contribution in [0.25, 0.3) is 0 Å². The minimum atomic E-state index is 0.132. The predicted molar refractivity (Wildman–Crippen MR) is 72.7 cm³/mol. The Labute approximate surface area is 108 Å². The normalized spacial score (nSPS) is 21.9. The van der Waals surface area contributed by atoms with Crippen molar-refractivity contribution in [2.75, 3.05) is 11.9 Å². The Bertz CT molecular complexity index is 450. The summed E-state index contributed by atoms with van der Waals surface area (Å²) in [4.78, 5) is 11.9. The smallest absolute Gasteiger partial charge is 0.225 e. The van der Waals surface area contributed by atoms with E-state index in [4.69, 9.17) is 0 Å². The molecule has 1 aromatic carbocycles. The summed E-state index contributed by atoms with van der Waals surface area (Å²) in [5.41, 5.74) is 3.82. The average molecular weight is 244 g/mol. The third kappa shape index (κ3) is 2.56. The molecule has 1 amide bonds. The van der Waals surface area contributed by atoms with Crippen LogP contribution in [-0.2, 0) is 17.6 Å². The summed E-state index contributed by atoms with van der Waals surface area (Å²) in [7, 11) is 0. The highest BCUT2D eigenvalue weighted by Crippen LogP contribution is 2.25. The molecule has 1 aromatic rings. The van der Waals surface area contributed by atoms with Gasteiger partial charge in [0.1, 0.15) is 0 Å². The molecule has 18 heavy (non-hydrogen) atoms. The van der Waals surface area contributed by atoms with Crippen molar-refractivity contribution in [3.63, 3.8) is 0 Å². The van der Waals surface area contributed by atoms with Crippen molar-refractivity contribution in [2.24, 2.45) is 0 Å². The first-order chi connectivity index (χ1) is 8.81. The molecule has 1 aliphatic carbocycles. The zero-order valence-corrected chi connectivity index (χ0v) is 10.7. The number of anilines is 1. The van der Waals surface area contributed by atoms with Gasteiger partial charge in [-0.15, -0.1) is 0 Å². The second-order valence-electron chi connectivity index (χ2n) is 5.38. The Morgan fingerprint density at radius 1 is 1.28 bits per heavy atom. The Morgan fingerprint density at radius 2 is 2.17 bits per heavy atom. The molecule has 3 rings (SSSR count). The van der Waals surface area contributed by atoms with Crippen LogP contribution >= 0.6 is 0 Å². The minimum absolute atomic E-state index is 0.132. The maximum absolute atomic E-state index is 11.9. The monoisotopic (exact) mass is 244 g/mol. The SMILES string of the molecule is O=C(CC1CCCN1)Nc1ccc2c(c1)CCC2. The number of hydrogen-bond acceptors (Lipinski definition) is 2. The topological polar surface area (TPSA) is 41.1 Å². The van der Waals surface area contributed by atoms with Gasteiger partial charge in [-0.2, -0.15) is 0 Å². The largest absolute Gasteiger partial charge is 0.326 e. The van der Waals surface area contributed by atoms with Gasteiger partial charge in [0.15, 0.2) is 0 Å². The minimum Gasteiger partial charge on any atom is -0.326 e. The number of carbonyl (C=O) groups excluding carboxylic acids is 1. The summed E-state index contributed by atoms with van der Waals surface area (Å²) in [5, 5.41) is 6.37. The summed E-state index contributed by atoms with van der Waals surface area (Å²) in [6.45, 7) is 1.05. The van der Waals surface area contributed by atoms with Gasteiger partial charge in [0.2, 0.25) is 5.91 Å². The van der Waals surface area contributed by atoms with E-state index in [-0.39, 0.29) is 5.91 Å². The summed E-state index contributed by atoms with van der Waals surface area (Å²) in [5.74, 6) is 0.132. The Morgan fingerprint density at radius 3 is 3.00 bits per heavy atom. The van der Waals surface area contributed by atoms with Crippen molar-refractivity contribution in [1.29, 1.82) is 0 Å². The molecule has 0 saturated carbocycles. The fourth-order valence-electron chi connectivity index (χ4n) is 3.02. The van der Waals surface area contributed by atoms with Crippen LogP contribution < -0.4 is 10.6 Å². The third-order valence-corrected chi connectivity index (χ3v) is 3.98. The van der Waals surface area contributed by atoms with Crippen LogP contribution in [0.4, 0.5) is 5.69 Å². The predicted octanol–water partition coefficient (Wildman–Crippen LogP) is 2.26. The van der Waals surface area contributed by atoms with Crippen molar-refractivity contribution in [3.8, 4) is 0 Å². The number of rotatable bonds is 3. The lowest BCUT2D eigenvalue weighted by Crippen LogP contribution is -2.27. The summed E-state index contributed by atoms with van der Waals surface area (Å²) in [6, 6.07) is 6.71. The maximum Gasteiger partial charge on any atom is 0.225 e. The number of fused-ring (bicyclic) bond motifs is 1. The highest BCUT2D eigenvalue weighted by Gasteiger charge is 2.18. The first-order valence-electron chi connectivity index (χ1n) is 6.96. The molecular formula is C15H20N2O. The van der Waals surface area contributed by atoms with Crippen molar-refractivity contribution in [1.82, 2.24) is 5.32 Å². The number of aryl methyl sites for hydroxylation is 2. The molecule has 96 valence electrons. The Kier molecular flexibility index (Phi) is 3.33. The van der Waals surface area contributed by atoms with Crippen LogP contribution in [-0.4, -0.2) is 18.5 Å². The second-order valence-corrected chi connectivity index (χ2v) is 5.38. The van der Waals surface area contributed by atoms with Gasteiger partial charge in [-0.05, 0) is 61.9 Å². The third-order valence-electron chi connectivity index (χ3n) is 3.98. The molecule has 2 N–H and O–H groups in total. The number of hydrogen-bond donors (Lipinski definition) is 2. The molecule has 0 bridgehead atoms. The molecule has 1 aliphatic heterocycles. The van der Waals surface area contributed by atoms with E-state index in [1.165, 1.54) is 30.4 Å². The van der Waals surface area contributed by atoms with Gasteiger partial charge in [0, 0.05) is 18.2 Å². The lowest BCUT2D eigenvalue weighted by molar-refractivity contribution is -0.116. The molecule has 0 spiro atoms. The van der Waals surface area contributed by atoms with E-state index >= 15 is 0 Å². The lowest BCUT2D eigenvalue weighted by Gasteiger charge is -2.11. The van der Waals surface area contributed by atoms with Gasteiger partial charge in [-0.25, -0.2) is 0 Å². The molecule has 1 heterocycles.